The van der Waals surface area contributed by atoms with Gasteiger partial charge in [0.1, 0.15) is 0 Å². The van der Waals surface area contributed by atoms with E-state index in [0.717, 1.165) is 12.8 Å². The Kier molecular flexibility index (Phi) is 4.61. The van der Waals surface area contributed by atoms with E-state index in [1.807, 2.05) is 6.07 Å². The summed E-state index contributed by atoms with van der Waals surface area (Å²) in [5.74, 6) is -0.418. The fourth-order valence-corrected chi connectivity index (χ4v) is 2.36. The molecule has 108 valence electrons. The van der Waals surface area contributed by atoms with E-state index in [1.54, 1.807) is 29.2 Å². The molecule has 5 nitrogen and oxygen atoms in total. The smallest absolute Gasteiger partial charge is 0.330 e. The van der Waals surface area contributed by atoms with Gasteiger partial charge in [-0.05, 0) is 24.3 Å². The van der Waals surface area contributed by atoms with Crippen LogP contribution in [0.4, 0.5) is 4.79 Å². The Morgan fingerprint density at radius 3 is 2.40 bits per heavy atom. The number of benzene rings is 1. The molecule has 1 aromatic rings. The summed E-state index contributed by atoms with van der Waals surface area (Å²) >= 11 is 0. The van der Waals surface area contributed by atoms with Gasteiger partial charge in [-0.3, -0.25) is 0 Å². The van der Waals surface area contributed by atoms with Crippen molar-refractivity contribution in [3.63, 3.8) is 0 Å². The minimum Gasteiger partial charge on any atom is -0.479 e. The van der Waals surface area contributed by atoms with Crippen molar-refractivity contribution in [2.75, 3.05) is 13.1 Å². The summed E-state index contributed by atoms with van der Waals surface area (Å²) in [7, 11) is 0. The first-order valence-corrected chi connectivity index (χ1v) is 6.91. The van der Waals surface area contributed by atoms with Crippen LogP contribution in [-0.2, 0) is 4.79 Å². The van der Waals surface area contributed by atoms with E-state index in [-0.39, 0.29) is 6.03 Å². The molecule has 1 fully saturated rings. The molecule has 2 rings (SSSR count). The summed E-state index contributed by atoms with van der Waals surface area (Å²) in [6, 6.07) is 7.46. The third kappa shape index (κ3) is 3.50. The lowest BCUT2D eigenvalue weighted by atomic mass is 9.99. The Morgan fingerprint density at radius 2 is 1.85 bits per heavy atom. The van der Waals surface area contributed by atoms with Crippen LogP contribution in [-0.4, -0.2) is 35.1 Å². The molecule has 1 heterocycles. The molecule has 20 heavy (non-hydrogen) atoms. The number of carboxylic acids is 1. The Bertz CT molecular complexity index is 467. The number of carboxylic acid groups (broad SMARTS) is 1. The van der Waals surface area contributed by atoms with Crippen molar-refractivity contribution in [2.45, 2.75) is 25.8 Å². The van der Waals surface area contributed by atoms with Crippen molar-refractivity contribution in [1.82, 2.24) is 10.2 Å². The van der Waals surface area contributed by atoms with E-state index in [9.17, 15) is 14.7 Å². The number of nitrogens with one attached hydrogen (secondary N) is 1. The van der Waals surface area contributed by atoms with Gasteiger partial charge < -0.3 is 15.3 Å². The van der Waals surface area contributed by atoms with Crippen molar-refractivity contribution in [3.05, 3.63) is 35.9 Å². The second-order valence-corrected chi connectivity index (χ2v) is 5.30. The highest BCUT2D eigenvalue weighted by atomic mass is 16.4. The number of nitrogens with zero attached hydrogens (tertiary/aromatic N) is 1. The summed E-state index contributed by atoms with van der Waals surface area (Å²) in [5.41, 5.74) is 0.582. The van der Waals surface area contributed by atoms with Crippen LogP contribution in [0.5, 0.6) is 0 Å². The van der Waals surface area contributed by atoms with E-state index < -0.39 is 12.0 Å². The van der Waals surface area contributed by atoms with Crippen LogP contribution in [0.3, 0.4) is 0 Å². The summed E-state index contributed by atoms with van der Waals surface area (Å²) < 4.78 is 0. The van der Waals surface area contributed by atoms with Gasteiger partial charge >= 0.3 is 12.0 Å². The van der Waals surface area contributed by atoms with Crippen LogP contribution in [0.2, 0.25) is 0 Å². The summed E-state index contributed by atoms with van der Waals surface area (Å²) in [6.45, 7) is 3.54. The van der Waals surface area contributed by atoms with Gasteiger partial charge in [0.05, 0.1) is 0 Å². The highest BCUT2D eigenvalue weighted by molar-refractivity contribution is 5.83. The molecule has 0 bridgehead atoms. The highest BCUT2D eigenvalue weighted by Crippen LogP contribution is 2.18. The zero-order chi connectivity index (χ0) is 14.5. The van der Waals surface area contributed by atoms with E-state index in [4.69, 9.17) is 0 Å². The van der Waals surface area contributed by atoms with Gasteiger partial charge in [0.25, 0.3) is 0 Å². The Labute approximate surface area is 118 Å². The second-order valence-electron chi connectivity index (χ2n) is 5.30. The van der Waals surface area contributed by atoms with E-state index in [0.29, 0.717) is 24.6 Å². The number of amides is 2. The number of aliphatic carboxylic acids is 1. The lowest BCUT2D eigenvalue weighted by Gasteiger charge is -2.31. The third-order valence-corrected chi connectivity index (χ3v) is 3.72. The molecular formula is C15H20N2O3. The zero-order valence-electron chi connectivity index (χ0n) is 11.6. The fourth-order valence-electron chi connectivity index (χ4n) is 2.36. The quantitative estimate of drug-likeness (QED) is 0.889. The molecule has 0 radical (unpaired) electrons. The molecule has 2 amide bonds. The maximum Gasteiger partial charge on any atom is 0.330 e. The van der Waals surface area contributed by atoms with Gasteiger partial charge in [-0.1, -0.05) is 37.3 Å². The molecule has 0 spiro atoms. The average molecular weight is 276 g/mol. The number of piperidine rings is 1. The molecule has 5 heteroatoms. The van der Waals surface area contributed by atoms with Crippen molar-refractivity contribution in [2.24, 2.45) is 5.92 Å². The van der Waals surface area contributed by atoms with E-state index in [2.05, 4.69) is 12.2 Å². The summed E-state index contributed by atoms with van der Waals surface area (Å²) in [6.07, 6.45) is 1.94. The van der Waals surface area contributed by atoms with Crippen LogP contribution in [0, 0.1) is 5.92 Å². The van der Waals surface area contributed by atoms with Gasteiger partial charge in [0.2, 0.25) is 0 Å². The average Bonchev–Trinajstić information content (AvgIpc) is 2.46. The van der Waals surface area contributed by atoms with Crippen LogP contribution in [0.15, 0.2) is 30.3 Å². The minimum atomic E-state index is -1.05. The summed E-state index contributed by atoms with van der Waals surface area (Å²) in [4.78, 5) is 25.2. The molecule has 1 aliphatic rings. The van der Waals surface area contributed by atoms with Crippen LogP contribution in [0.1, 0.15) is 31.4 Å². The topological polar surface area (TPSA) is 69.6 Å². The maximum atomic E-state index is 12.1. The first kappa shape index (κ1) is 14.4. The van der Waals surface area contributed by atoms with Crippen molar-refractivity contribution in [3.8, 4) is 0 Å². The molecule has 0 aliphatic carbocycles. The van der Waals surface area contributed by atoms with Crippen molar-refractivity contribution < 1.29 is 14.7 Å². The monoisotopic (exact) mass is 276 g/mol. The maximum absolute atomic E-state index is 12.1. The van der Waals surface area contributed by atoms with E-state index >= 15 is 0 Å². The first-order chi connectivity index (χ1) is 9.58. The molecule has 0 aromatic heterocycles. The second kappa shape index (κ2) is 6.41. The Balaban J connectivity index is 2.02. The third-order valence-electron chi connectivity index (χ3n) is 3.72. The number of likely N-dealkylation sites (tertiary alicyclic amines) is 1. The number of carbonyl (C=O) groups excluding carboxylic acids is 1. The summed E-state index contributed by atoms with van der Waals surface area (Å²) in [5, 5.41) is 11.9. The SMILES string of the molecule is CC1CCN(C(=O)NC(C(=O)O)c2ccccc2)CC1. The standard InChI is InChI=1S/C15H20N2O3/c1-11-7-9-17(10-8-11)15(20)16-13(14(18)19)12-5-3-2-4-6-12/h2-6,11,13H,7-10H2,1H3,(H,16,20)(H,18,19). The molecule has 2 N–H and O–H groups in total. The molecule has 0 saturated carbocycles. The van der Waals surface area contributed by atoms with E-state index in [1.165, 1.54) is 0 Å². The number of carbonyl (C=O) groups is 2. The molecule has 1 aromatic carbocycles. The van der Waals surface area contributed by atoms with Gasteiger partial charge in [-0.2, -0.15) is 0 Å². The molecule has 1 atom stereocenters. The lowest BCUT2D eigenvalue weighted by Crippen LogP contribution is -2.46. The molecular weight excluding hydrogens is 256 g/mol. The van der Waals surface area contributed by atoms with Gasteiger partial charge in [-0.15, -0.1) is 0 Å². The van der Waals surface area contributed by atoms with Crippen LogP contribution >= 0.6 is 0 Å². The largest absolute Gasteiger partial charge is 0.479 e. The lowest BCUT2D eigenvalue weighted by molar-refractivity contribution is -0.139. The van der Waals surface area contributed by atoms with Crippen LogP contribution < -0.4 is 5.32 Å². The van der Waals surface area contributed by atoms with Gasteiger partial charge in [0, 0.05) is 13.1 Å². The number of hydrogen-bond acceptors (Lipinski definition) is 2. The zero-order valence-corrected chi connectivity index (χ0v) is 11.6. The Hall–Kier alpha value is -2.04. The van der Waals surface area contributed by atoms with Crippen molar-refractivity contribution >= 4 is 12.0 Å². The normalized spacial score (nSPS) is 17.6. The number of rotatable bonds is 3. The first-order valence-electron chi connectivity index (χ1n) is 6.91. The van der Waals surface area contributed by atoms with Crippen LogP contribution in [0.25, 0.3) is 0 Å². The number of urea groups is 1. The van der Waals surface area contributed by atoms with Crippen molar-refractivity contribution in [1.29, 1.82) is 0 Å². The number of hydrogen-bond donors (Lipinski definition) is 2. The highest BCUT2D eigenvalue weighted by Gasteiger charge is 2.26. The van der Waals surface area contributed by atoms with Gasteiger partial charge in [0.15, 0.2) is 6.04 Å². The predicted molar refractivity (Wildman–Crippen MR) is 75.3 cm³/mol. The molecule has 1 aliphatic heterocycles. The molecule has 1 saturated heterocycles. The fraction of sp³-hybridized carbons (Fsp3) is 0.467. The minimum absolute atomic E-state index is 0.298. The Morgan fingerprint density at radius 1 is 1.25 bits per heavy atom. The predicted octanol–water partition coefficient (Wildman–Crippen LogP) is 2.25. The molecule has 1 unspecified atom stereocenters. The van der Waals surface area contributed by atoms with Gasteiger partial charge in [-0.25, -0.2) is 9.59 Å².